The Kier molecular flexibility index (Phi) is 5.42. The molecule has 1 heterocycles. The SMILES string of the molecule is CSC(=Nc1ccccc1)N1NC2(CCC(C(C)(C)C)CC2)NC1=S. The summed E-state index contributed by atoms with van der Waals surface area (Å²) in [5.41, 5.74) is 4.82. The number of nitrogens with one attached hydrogen (secondary N) is 2. The number of hydrogen-bond donors (Lipinski definition) is 2. The molecule has 1 saturated heterocycles. The van der Waals surface area contributed by atoms with E-state index in [-0.39, 0.29) is 5.66 Å². The van der Waals surface area contributed by atoms with Gasteiger partial charge in [-0.1, -0.05) is 50.7 Å². The zero-order valence-corrected chi connectivity index (χ0v) is 17.1. The fourth-order valence-corrected chi connectivity index (χ4v) is 4.60. The Labute approximate surface area is 160 Å². The highest BCUT2D eigenvalue weighted by molar-refractivity contribution is 8.13. The number of amidine groups is 1. The first-order valence-corrected chi connectivity index (χ1v) is 10.5. The Morgan fingerprint density at radius 2 is 1.88 bits per heavy atom. The molecule has 25 heavy (non-hydrogen) atoms. The molecule has 3 rings (SSSR count). The summed E-state index contributed by atoms with van der Waals surface area (Å²) in [7, 11) is 0. The van der Waals surface area contributed by atoms with Gasteiger partial charge in [-0.2, -0.15) is 0 Å². The van der Waals surface area contributed by atoms with Gasteiger partial charge in [-0.05, 0) is 67.6 Å². The van der Waals surface area contributed by atoms with Crippen LogP contribution in [-0.4, -0.2) is 27.2 Å². The van der Waals surface area contributed by atoms with Crippen molar-refractivity contribution < 1.29 is 0 Å². The zero-order chi connectivity index (χ0) is 18.1. The molecule has 6 heteroatoms. The van der Waals surface area contributed by atoms with Crippen LogP contribution < -0.4 is 10.7 Å². The zero-order valence-electron chi connectivity index (χ0n) is 15.5. The minimum atomic E-state index is -0.119. The van der Waals surface area contributed by atoms with E-state index >= 15 is 0 Å². The van der Waals surface area contributed by atoms with Crippen molar-refractivity contribution in [2.75, 3.05) is 6.26 Å². The summed E-state index contributed by atoms with van der Waals surface area (Å²) in [6.07, 6.45) is 6.62. The molecule has 4 nitrogen and oxygen atoms in total. The van der Waals surface area contributed by atoms with Crippen LogP contribution in [0, 0.1) is 11.3 Å². The van der Waals surface area contributed by atoms with Gasteiger partial charge in [0.1, 0.15) is 5.66 Å². The lowest BCUT2D eigenvalue weighted by atomic mass is 9.70. The van der Waals surface area contributed by atoms with Crippen molar-refractivity contribution in [3.05, 3.63) is 30.3 Å². The second-order valence-corrected chi connectivity index (χ2v) is 9.19. The van der Waals surface area contributed by atoms with E-state index < -0.39 is 0 Å². The average molecular weight is 377 g/mol. The van der Waals surface area contributed by atoms with E-state index in [4.69, 9.17) is 17.2 Å². The van der Waals surface area contributed by atoms with Gasteiger partial charge in [-0.3, -0.25) is 0 Å². The molecular formula is C19H28N4S2. The predicted octanol–water partition coefficient (Wildman–Crippen LogP) is 4.66. The van der Waals surface area contributed by atoms with E-state index in [1.54, 1.807) is 11.8 Å². The van der Waals surface area contributed by atoms with Gasteiger partial charge in [0.25, 0.3) is 0 Å². The van der Waals surface area contributed by atoms with Gasteiger partial charge in [0.05, 0.1) is 5.69 Å². The van der Waals surface area contributed by atoms with Crippen LogP contribution in [0.4, 0.5) is 5.69 Å². The Balaban J connectivity index is 1.73. The Morgan fingerprint density at radius 3 is 2.44 bits per heavy atom. The van der Waals surface area contributed by atoms with Crippen LogP contribution in [-0.2, 0) is 0 Å². The lowest BCUT2D eigenvalue weighted by Gasteiger charge is -2.42. The van der Waals surface area contributed by atoms with E-state index in [1.807, 2.05) is 41.6 Å². The van der Waals surface area contributed by atoms with Gasteiger partial charge in [-0.15, -0.1) is 0 Å². The summed E-state index contributed by atoms with van der Waals surface area (Å²) in [4.78, 5) is 4.76. The first-order chi connectivity index (χ1) is 11.8. The van der Waals surface area contributed by atoms with Gasteiger partial charge in [0.15, 0.2) is 10.3 Å². The molecule has 1 aromatic carbocycles. The Hall–Kier alpha value is -1.11. The summed E-state index contributed by atoms with van der Waals surface area (Å²) in [6.45, 7) is 7.04. The minimum Gasteiger partial charge on any atom is -0.342 e. The largest absolute Gasteiger partial charge is 0.342 e. The van der Waals surface area contributed by atoms with Crippen molar-refractivity contribution in [3.8, 4) is 0 Å². The highest BCUT2D eigenvalue weighted by Gasteiger charge is 2.45. The van der Waals surface area contributed by atoms with Crippen molar-refractivity contribution >= 4 is 39.9 Å². The summed E-state index contributed by atoms with van der Waals surface area (Å²) in [5.74, 6) is 0.766. The second-order valence-electron chi connectivity index (χ2n) is 8.03. The molecule has 0 bridgehead atoms. The molecule has 0 radical (unpaired) electrons. The molecule has 1 saturated carbocycles. The lowest BCUT2D eigenvalue weighted by molar-refractivity contribution is 0.102. The molecular weight excluding hydrogens is 348 g/mol. The van der Waals surface area contributed by atoms with Crippen molar-refractivity contribution in [1.82, 2.24) is 15.8 Å². The van der Waals surface area contributed by atoms with Crippen LogP contribution in [0.15, 0.2) is 35.3 Å². The summed E-state index contributed by atoms with van der Waals surface area (Å²) < 4.78 is 0. The first-order valence-electron chi connectivity index (χ1n) is 8.91. The highest BCUT2D eigenvalue weighted by atomic mass is 32.2. The number of para-hydroxylation sites is 1. The van der Waals surface area contributed by atoms with Crippen molar-refractivity contribution in [2.24, 2.45) is 16.3 Å². The van der Waals surface area contributed by atoms with Gasteiger partial charge in [-0.25, -0.2) is 15.4 Å². The van der Waals surface area contributed by atoms with Crippen LogP contribution in [0.1, 0.15) is 46.5 Å². The number of hydrazine groups is 1. The number of nitrogens with zero attached hydrogens (tertiary/aromatic N) is 2. The number of hydrogen-bond acceptors (Lipinski definition) is 4. The number of thiocarbonyl (C=S) groups is 1. The smallest absolute Gasteiger partial charge is 0.191 e. The first kappa shape index (κ1) is 18.7. The minimum absolute atomic E-state index is 0.119. The molecule has 1 aliphatic carbocycles. The third kappa shape index (κ3) is 4.18. The molecule has 1 aromatic rings. The molecule has 0 atom stereocenters. The van der Waals surface area contributed by atoms with Crippen molar-refractivity contribution in [3.63, 3.8) is 0 Å². The fraction of sp³-hybridized carbons (Fsp3) is 0.579. The lowest BCUT2D eigenvalue weighted by Crippen LogP contribution is -2.54. The molecule has 2 N–H and O–H groups in total. The molecule has 2 fully saturated rings. The third-order valence-electron chi connectivity index (χ3n) is 5.29. The number of aliphatic imine (C=N–C) groups is 1. The predicted molar refractivity (Wildman–Crippen MR) is 112 cm³/mol. The second kappa shape index (κ2) is 7.25. The standard InChI is InChI=1S/C19H28N4S2/c1-18(2,3)14-10-12-19(13-11-14)21-16(24)23(22-19)17(25-4)20-15-8-6-5-7-9-15/h5-9,14,22H,10-13H2,1-4H3,(H,21,24). The summed E-state index contributed by atoms with van der Waals surface area (Å²) in [6, 6.07) is 10.0. The molecule has 2 aliphatic rings. The monoisotopic (exact) mass is 376 g/mol. The number of benzene rings is 1. The highest BCUT2D eigenvalue weighted by Crippen LogP contribution is 2.41. The van der Waals surface area contributed by atoms with Gasteiger partial charge < -0.3 is 5.32 Å². The number of thioether (sulfide) groups is 1. The van der Waals surface area contributed by atoms with E-state index in [9.17, 15) is 0 Å². The van der Waals surface area contributed by atoms with E-state index in [1.165, 1.54) is 12.8 Å². The van der Waals surface area contributed by atoms with Gasteiger partial charge in [0.2, 0.25) is 0 Å². The molecule has 136 valence electrons. The Morgan fingerprint density at radius 1 is 1.24 bits per heavy atom. The molecule has 1 spiro atoms. The fourth-order valence-electron chi connectivity index (χ4n) is 3.70. The molecule has 0 amide bonds. The van der Waals surface area contributed by atoms with Gasteiger partial charge >= 0.3 is 0 Å². The maximum Gasteiger partial charge on any atom is 0.191 e. The van der Waals surface area contributed by atoms with E-state index in [0.29, 0.717) is 5.41 Å². The average Bonchev–Trinajstić information content (AvgIpc) is 2.89. The quantitative estimate of drug-likeness (QED) is 0.424. The van der Waals surface area contributed by atoms with Crippen LogP contribution in [0.5, 0.6) is 0 Å². The Bertz CT molecular complexity index is 643. The number of rotatable bonds is 1. The molecule has 0 unspecified atom stereocenters. The van der Waals surface area contributed by atoms with Crippen LogP contribution in [0.25, 0.3) is 0 Å². The normalized spacial score (nSPS) is 27.7. The van der Waals surface area contributed by atoms with Crippen molar-refractivity contribution in [1.29, 1.82) is 0 Å². The topological polar surface area (TPSA) is 39.7 Å². The maximum absolute atomic E-state index is 5.61. The van der Waals surface area contributed by atoms with E-state index in [0.717, 1.165) is 34.7 Å². The van der Waals surface area contributed by atoms with Crippen LogP contribution in [0.3, 0.4) is 0 Å². The summed E-state index contributed by atoms with van der Waals surface area (Å²) in [5, 5.41) is 7.09. The molecule has 1 aliphatic heterocycles. The van der Waals surface area contributed by atoms with E-state index in [2.05, 4.69) is 31.5 Å². The van der Waals surface area contributed by atoms with Crippen molar-refractivity contribution in [2.45, 2.75) is 52.1 Å². The molecule has 0 aromatic heterocycles. The van der Waals surface area contributed by atoms with Crippen LogP contribution in [0.2, 0.25) is 0 Å². The van der Waals surface area contributed by atoms with Crippen LogP contribution >= 0.6 is 24.0 Å². The third-order valence-corrected chi connectivity index (χ3v) is 6.22. The summed E-state index contributed by atoms with van der Waals surface area (Å²) >= 11 is 7.22. The van der Waals surface area contributed by atoms with Gasteiger partial charge in [0, 0.05) is 0 Å². The maximum atomic E-state index is 5.61.